The van der Waals surface area contributed by atoms with E-state index in [1.165, 1.54) is 66.0 Å². The standard InChI is InChI=1S/C70H46N2O/c1-2-19-60-51(13-1)14-11-23-61(60)52-37-43-58(44-38-52)71(57-41-35-50(36-42-57)53-15-9-17-55(45-53)62-24-12-28-69-70(62)65-22-5-8-27-68(65)73-69)56-39-33-48(34-40-56)47-29-31-49(32-30-47)54-16-10-18-59(46-54)72-66-25-6-3-20-63(66)64-21-4-7-26-67(64)72/h1-46H. The molecule has 2 heterocycles. The van der Waals surface area contributed by atoms with Gasteiger partial charge in [-0.3, -0.25) is 0 Å². The van der Waals surface area contributed by atoms with Gasteiger partial charge in [-0.05, 0) is 145 Å². The first-order valence-electron chi connectivity index (χ1n) is 25.0. The van der Waals surface area contributed by atoms with E-state index in [9.17, 15) is 0 Å². The minimum Gasteiger partial charge on any atom is -0.456 e. The number of nitrogens with zero attached hydrogens (tertiary/aromatic N) is 2. The molecule has 0 fully saturated rings. The van der Waals surface area contributed by atoms with E-state index in [-0.39, 0.29) is 0 Å². The lowest BCUT2D eigenvalue weighted by atomic mass is 9.95. The number of rotatable bonds is 9. The average molecular weight is 931 g/mol. The maximum Gasteiger partial charge on any atom is 0.136 e. The van der Waals surface area contributed by atoms with Crippen molar-refractivity contribution in [3.05, 3.63) is 279 Å². The first-order chi connectivity index (χ1) is 36.2. The molecule has 0 spiro atoms. The van der Waals surface area contributed by atoms with Crippen LogP contribution in [0.3, 0.4) is 0 Å². The second kappa shape index (κ2) is 17.6. The lowest BCUT2D eigenvalue weighted by Crippen LogP contribution is -2.09. The Labute approximate surface area is 423 Å². The SMILES string of the molecule is c1cc(-c2ccc(N(c3ccc(-c4ccc(-c5cccc(-n6c7ccccc7c7ccccc76)c5)cc4)cc3)c3ccc(-c4cccc5ccccc45)cc3)cc2)cc(-c2cccc3oc4ccccc4c23)c1. The van der Waals surface area contributed by atoms with E-state index in [0.29, 0.717) is 0 Å². The fraction of sp³-hybridized carbons (Fsp3) is 0. The molecule has 0 N–H and O–H groups in total. The zero-order valence-corrected chi connectivity index (χ0v) is 39.9. The van der Waals surface area contributed by atoms with Crippen LogP contribution in [-0.4, -0.2) is 4.57 Å². The van der Waals surface area contributed by atoms with E-state index in [1.807, 2.05) is 12.1 Å². The third-order valence-corrected chi connectivity index (χ3v) is 14.6. The van der Waals surface area contributed by atoms with Gasteiger partial charge in [0.15, 0.2) is 0 Å². The third-order valence-electron chi connectivity index (χ3n) is 14.6. The molecular weight excluding hydrogens is 885 g/mol. The minimum atomic E-state index is 0.901. The number of furan rings is 1. The molecule has 342 valence electrons. The number of hydrogen-bond acceptors (Lipinski definition) is 2. The van der Waals surface area contributed by atoms with Crippen LogP contribution >= 0.6 is 0 Å². The first-order valence-corrected chi connectivity index (χ1v) is 25.0. The van der Waals surface area contributed by atoms with E-state index in [1.54, 1.807) is 0 Å². The fourth-order valence-corrected chi connectivity index (χ4v) is 11.1. The minimum absolute atomic E-state index is 0.901. The highest BCUT2D eigenvalue weighted by Gasteiger charge is 2.17. The summed E-state index contributed by atoms with van der Waals surface area (Å²) in [4.78, 5) is 2.36. The molecule has 0 saturated heterocycles. The summed E-state index contributed by atoms with van der Waals surface area (Å²) in [5.74, 6) is 0. The normalized spacial score (nSPS) is 11.6. The van der Waals surface area contributed by atoms with Crippen molar-refractivity contribution in [2.75, 3.05) is 4.90 Å². The van der Waals surface area contributed by atoms with E-state index >= 15 is 0 Å². The third kappa shape index (κ3) is 7.46. The van der Waals surface area contributed by atoms with Crippen molar-refractivity contribution in [3.8, 4) is 61.3 Å². The second-order valence-corrected chi connectivity index (χ2v) is 18.9. The topological polar surface area (TPSA) is 21.3 Å². The molecule has 0 aliphatic rings. The number of aromatic nitrogens is 1. The van der Waals surface area contributed by atoms with Gasteiger partial charge >= 0.3 is 0 Å². The highest BCUT2D eigenvalue weighted by atomic mass is 16.3. The van der Waals surface area contributed by atoms with E-state index in [4.69, 9.17) is 4.42 Å². The lowest BCUT2D eigenvalue weighted by molar-refractivity contribution is 0.669. The Hall–Kier alpha value is -9.70. The van der Waals surface area contributed by atoms with Crippen LogP contribution in [0.15, 0.2) is 283 Å². The van der Waals surface area contributed by atoms with Gasteiger partial charge in [0.25, 0.3) is 0 Å². The van der Waals surface area contributed by atoms with Crippen LogP contribution in [0.4, 0.5) is 17.1 Å². The summed E-state index contributed by atoms with van der Waals surface area (Å²) in [6, 6.07) is 101. The van der Waals surface area contributed by atoms with Gasteiger partial charge < -0.3 is 13.9 Å². The predicted molar refractivity (Wildman–Crippen MR) is 307 cm³/mol. The van der Waals surface area contributed by atoms with Crippen molar-refractivity contribution in [3.63, 3.8) is 0 Å². The molecule has 2 aromatic heterocycles. The van der Waals surface area contributed by atoms with Crippen molar-refractivity contribution >= 4 is 71.6 Å². The fourth-order valence-electron chi connectivity index (χ4n) is 11.1. The van der Waals surface area contributed by atoms with Gasteiger partial charge in [0.05, 0.1) is 11.0 Å². The molecule has 0 amide bonds. The summed E-state index contributed by atoms with van der Waals surface area (Å²) >= 11 is 0. The summed E-state index contributed by atoms with van der Waals surface area (Å²) in [6.45, 7) is 0. The average Bonchev–Trinajstić information content (AvgIpc) is 4.02. The Balaban J connectivity index is 0.787. The summed E-state index contributed by atoms with van der Waals surface area (Å²) < 4.78 is 8.64. The van der Waals surface area contributed by atoms with Crippen LogP contribution in [0.5, 0.6) is 0 Å². The van der Waals surface area contributed by atoms with Gasteiger partial charge in [-0.15, -0.1) is 0 Å². The lowest BCUT2D eigenvalue weighted by Gasteiger charge is -2.26. The van der Waals surface area contributed by atoms with Gasteiger partial charge in [0.2, 0.25) is 0 Å². The predicted octanol–water partition coefficient (Wildman–Crippen LogP) is 19.6. The molecule has 0 aliphatic carbocycles. The Morgan fingerprint density at radius 1 is 0.274 bits per heavy atom. The molecule has 14 aromatic rings. The quantitative estimate of drug-likeness (QED) is 0.144. The molecule has 12 aromatic carbocycles. The molecule has 0 unspecified atom stereocenters. The second-order valence-electron chi connectivity index (χ2n) is 18.9. The van der Waals surface area contributed by atoms with Crippen molar-refractivity contribution in [2.45, 2.75) is 0 Å². The molecule has 0 atom stereocenters. The zero-order valence-electron chi connectivity index (χ0n) is 39.9. The van der Waals surface area contributed by atoms with Gasteiger partial charge in [0.1, 0.15) is 11.2 Å². The van der Waals surface area contributed by atoms with Crippen molar-refractivity contribution in [1.29, 1.82) is 0 Å². The molecular formula is C70H46N2O. The number of para-hydroxylation sites is 3. The van der Waals surface area contributed by atoms with Crippen LogP contribution in [0, 0.1) is 0 Å². The van der Waals surface area contributed by atoms with Crippen LogP contribution < -0.4 is 4.90 Å². The molecule has 0 aliphatic heterocycles. The maximum atomic E-state index is 6.26. The van der Waals surface area contributed by atoms with Crippen LogP contribution in [0.2, 0.25) is 0 Å². The van der Waals surface area contributed by atoms with Gasteiger partial charge in [-0.1, -0.05) is 200 Å². The number of benzene rings is 12. The highest BCUT2D eigenvalue weighted by Crippen LogP contribution is 2.41. The van der Waals surface area contributed by atoms with Crippen LogP contribution in [0.25, 0.3) is 116 Å². The molecule has 3 heteroatoms. The van der Waals surface area contributed by atoms with Gasteiger partial charge in [-0.25, -0.2) is 0 Å². The molecule has 73 heavy (non-hydrogen) atoms. The molecule has 0 bridgehead atoms. The number of hydrogen-bond donors (Lipinski definition) is 0. The Morgan fingerprint density at radius 2 is 0.712 bits per heavy atom. The Morgan fingerprint density at radius 3 is 1.37 bits per heavy atom. The summed E-state index contributed by atoms with van der Waals surface area (Å²) in [6.07, 6.45) is 0. The van der Waals surface area contributed by atoms with E-state index < -0.39 is 0 Å². The monoisotopic (exact) mass is 930 g/mol. The maximum absolute atomic E-state index is 6.26. The molecule has 0 radical (unpaired) electrons. The van der Waals surface area contributed by atoms with Crippen LogP contribution in [0.1, 0.15) is 0 Å². The van der Waals surface area contributed by atoms with Crippen molar-refractivity contribution in [1.82, 2.24) is 4.57 Å². The molecule has 14 rings (SSSR count). The largest absolute Gasteiger partial charge is 0.456 e. The molecule has 3 nitrogen and oxygen atoms in total. The zero-order chi connectivity index (χ0) is 48.2. The Kier molecular flexibility index (Phi) is 10.2. The summed E-state index contributed by atoms with van der Waals surface area (Å²) in [5, 5.41) is 7.30. The first kappa shape index (κ1) is 42.2. The number of anilines is 3. The summed E-state index contributed by atoms with van der Waals surface area (Å²) in [5.41, 5.74) is 20.4. The highest BCUT2D eigenvalue weighted by molar-refractivity contribution is 6.13. The smallest absolute Gasteiger partial charge is 0.136 e. The van der Waals surface area contributed by atoms with E-state index in [2.05, 4.69) is 276 Å². The van der Waals surface area contributed by atoms with Gasteiger partial charge in [-0.2, -0.15) is 0 Å². The van der Waals surface area contributed by atoms with Crippen molar-refractivity contribution < 1.29 is 4.42 Å². The van der Waals surface area contributed by atoms with Crippen LogP contribution in [-0.2, 0) is 0 Å². The number of fused-ring (bicyclic) bond motifs is 7. The molecule has 0 saturated carbocycles. The van der Waals surface area contributed by atoms with Crippen molar-refractivity contribution in [2.24, 2.45) is 0 Å². The van der Waals surface area contributed by atoms with Gasteiger partial charge in [0, 0.05) is 44.3 Å². The Bertz CT molecular complexity index is 4290. The van der Waals surface area contributed by atoms with E-state index in [0.717, 1.165) is 66.9 Å². The summed E-state index contributed by atoms with van der Waals surface area (Å²) in [7, 11) is 0.